The van der Waals surface area contributed by atoms with Crippen molar-refractivity contribution in [2.45, 2.75) is 6.92 Å². The number of nitrogens with one attached hydrogen (secondary N) is 1. The van der Waals surface area contributed by atoms with Gasteiger partial charge in [0.05, 0.1) is 16.8 Å². The minimum absolute atomic E-state index is 0.209. The number of aromatic nitrogens is 1. The molecule has 4 rings (SSSR count). The molecule has 0 aliphatic heterocycles. The first-order valence-electron chi connectivity index (χ1n) is 8.67. The summed E-state index contributed by atoms with van der Waals surface area (Å²) >= 11 is 9.42. The lowest BCUT2D eigenvalue weighted by molar-refractivity contribution is 0.102. The number of nitrogens with zero attached hydrogens (tertiary/aromatic N) is 1. The molecule has 3 aromatic carbocycles. The summed E-state index contributed by atoms with van der Waals surface area (Å²) in [5, 5.41) is 4.28. The standard InChI is InChI=1S/C23H15BrClN2O/c1-14-21(23(28)26-18-10-8-17(25)9-11-18)19-13-16(24)7-12-20(19)27-22(14)15-5-3-2-4-6-15/h2-10,12-13H,1H3,(H,26,28). The average molecular weight is 451 g/mol. The third-order valence-corrected chi connectivity index (χ3v) is 5.22. The molecule has 0 spiro atoms. The second-order valence-electron chi connectivity index (χ2n) is 6.36. The predicted octanol–water partition coefficient (Wildman–Crippen LogP) is 6.68. The van der Waals surface area contributed by atoms with E-state index >= 15 is 0 Å². The summed E-state index contributed by atoms with van der Waals surface area (Å²) in [6, 6.07) is 23.7. The lowest BCUT2D eigenvalue weighted by Gasteiger charge is -2.15. The highest BCUT2D eigenvalue weighted by molar-refractivity contribution is 9.10. The number of carbonyl (C=O) groups excluding carboxylic acids is 1. The van der Waals surface area contributed by atoms with Crippen molar-refractivity contribution in [2.75, 3.05) is 5.32 Å². The molecule has 1 radical (unpaired) electrons. The zero-order valence-electron chi connectivity index (χ0n) is 15.0. The van der Waals surface area contributed by atoms with Crippen molar-refractivity contribution in [3.8, 4) is 11.3 Å². The minimum atomic E-state index is -0.209. The second-order valence-corrected chi connectivity index (χ2v) is 7.71. The molecule has 0 bridgehead atoms. The van der Waals surface area contributed by atoms with Crippen molar-refractivity contribution < 1.29 is 4.79 Å². The number of anilines is 1. The van der Waals surface area contributed by atoms with Gasteiger partial charge in [0.15, 0.2) is 0 Å². The number of hydrogen-bond donors (Lipinski definition) is 1. The summed E-state index contributed by atoms with van der Waals surface area (Å²) in [5.74, 6) is -0.209. The van der Waals surface area contributed by atoms with Gasteiger partial charge in [0.2, 0.25) is 0 Å². The number of hydrogen-bond acceptors (Lipinski definition) is 2. The van der Waals surface area contributed by atoms with Gasteiger partial charge >= 0.3 is 0 Å². The smallest absolute Gasteiger partial charge is 0.256 e. The van der Waals surface area contributed by atoms with E-state index in [1.54, 1.807) is 18.2 Å². The number of rotatable bonds is 3. The maximum absolute atomic E-state index is 13.2. The highest BCUT2D eigenvalue weighted by Crippen LogP contribution is 2.31. The first-order chi connectivity index (χ1) is 13.5. The van der Waals surface area contributed by atoms with Crippen molar-refractivity contribution in [1.29, 1.82) is 0 Å². The van der Waals surface area contributed by atoms with Crippen LogP contribution in [0, 0.1) is 13.0 Å². The molecule has 0 saturated carbocycles. The molecule has 5 heteroatoms. The highest BCUT2D eigenvalue weighted by Gasteiger charge is 2.19. The van der Waals surface area contributed by atoms with Gasteiger partial charge in [-0.1, -0.05) is 57.9 Å². The quantitative estimate of drug-likeness (QED) is 0.378. The van der Waals surface area contributed by atoms with Crippen LogP contribution in [0.25, 0.3) is 22.2 Å². The number of benzene rings is 3. The normalized spacial score (nSPS) is 10.8. The van der Waals surface area contributed by atoms with Crippen LogP contribution in [0.1, 0.15) is 15.9 Å². The first kappa shape index (κ1) is 18.7. The topological polar surface area (TPSA) is 42.0 Å². The van der Waals surface area contributed by atoms with E-state index in [9.17, 15) is 4.79 Å². The lowest BCUT2D eigenvalue weighted by atomic mass is 9.97. The Balaban J connectivity index is 1.89. The Morgan fingerprint density at radius 3 is 2.61 bits per heavy atom. The van der Waals surface area contributed by atoms with Crippen LogP contribution in [-0.4, -0.2) is 10.9 Å². The molecule has 1 aromatic heterocycles. The Labute approximate surface area is 176 Å². The molecule has 1 amide bonds. The molecule has 4 aromatic rings. The molecule has 28 heavy (non-hydrogen) atoms. The first-order valence-corrected chi connectivity index (χ1v) is 9.84. The molecular weight excluding hydrogens is 436 g/mol. The Morgan fingerprint density at radius 2 is 1.89 bits per heavy atom. The van der Waals surface area contributed by atoms with Gasteiger partial charge in [-0.25, -0.2) is 4.98 Å². The van der Waals surface area contributed by atoms with E-state index in [4.69, 9.17) is 16.6 Å². The van der Waals surface area contributed by atoms with Crippen LogP contribution in [0.5, 0.6) is 0 Å². The zero-order chi connectivity index (χ0) is 19.7. The van der Waals surface area contributed by atoms with Crippen LogP contribution in [0.15, 0.2) is 71.2 Å². The molecule has 0 saturated heterocycles. The Hall–Kier alpha value is -2.69. The van der Waals surface area contributed by atoms with E-state index in [0.717, 1.165) is 32.2 Å². The molecule has 3 nitrogen and oxygen atoms in total. The minimum Gasteiger partial charge on any atom is -0.321 e. The third kappa shape index (κ3) is 3.66. The molecule has 0 atom stereocenters. The number of amides is 1. The van der Waals surface area contributed by atoms with Crippen LogP contribution in [0.4, 0.5) is 5.69 Å². The maximum atomic E-state index is 13.2. The van der Waals surface area contributed by atoms with E-state index in [1.165, 1.54) is 0 Å². The van der Waals surface area contributed by atoms with Gasteiger partial charge in [0.25, 0.3) is 5.91 Å². The summed E-state index contributed by atoms with van der Waals surface area (Å²) in [6.07, 6.45) is 0. The number of halogens is 2. The van der Waals surface area contributed by atoms with Crippen LogP contribution in [0.2, 0.25) is 5.02 Å². The summed E-state index contributed by atoms with van der Waals surface area (Å²) < 4.78 is 0.890. The van der Waals surface area contributed by atoms with Gasteiger partial charge in [-0.2, -0.15) is 0 Å². The predicted molar refractivity (Wildman–Crippen MR) is 118 cm³/mol. The fraction of sp³-hybridized carbons (Fsp3) is 0.0435. The van der Waals surface area contributed by atoms with Gasteiger partial charge in [-0.3, -0.25) is 4.79 Å². The van der Waals surface area contributed by atoms with E-state index in [-0.39, 0.29) is 5.91 Å². The van der Waals surface area contributed by atoms with E-state index in [2.05, 4.69) is 27.3 Å². The Bertz CT molecular complexity index is 1170. The van der Waals surface area contributed by atoms with E-state index in [1.807, 2.05) is 55.5 Å². The summed E-state index contributed by atoms with van der Waals surface area (Å²) in [6.45, 7) is 1.93. The number of pyridine rings is 1. The molecule has 0 unspecified atom stereocenters. The Morgan fingerprint density at radius 1 is 1.11 bits per heavy atom. The van der Waals surface area contributed by atoms with Crippen LogP contribution < -0.4 is 5.32 Å². The summed E-state index contributed by atoms with van der Waals surface area (Å²) in [4.78, 5) is 18.0. The highest BCUT2D eigenvalue weighted by atomic mass is 79.9. The summed E-state index contributed by atoms with van der Waals surface area (Å²) in [7, 11) is 0. The molecular formula is C23H15BrClN2O. The monoisotopic (exact) mass is 449 g/mol. The maximum Gasteiger partial charge on any atom is 0.256 e. The third-order valence-electron chi connectivity index (χ3n) is 4.49. The largest absolute Gasteiger partial charge is 0.321 e. The van der Waals surface area contributed by atoms with Gasteiger partial charge in [-0.15, -0.1) is 0 Å². The summed E-state index contributed by atoms with van der Waals surface area (Å²) in [5.41, 5.74) is 4.50. The fourth-order valence-electron chi connectivity index (χ4n) is 3.17. The fourth-order valence-corrected chi connectivity index (χ4v) is 3.65. The molecule has 0 aliphatic carbocycles. The van der Waals surface area contributed by atoms with E-state index < -0.39 is 0 Å². The Kier molecular flexibility index (Phi) is 5.16. The lowest BCUT2D eigenvalue weighted by Crippen LogP contribution is -2.15. The molecule has 1 heterocycles. The SMILES string of the molecule is Cc1c(-c2ccccc2)nc2ccc(Br)cc2c1C(=O)Nc1[c]cc(Cl)cc1. The average Bonchev–Trinajstić information content (AvgIpc) is 2.70. The van der Waals surface area contributed by atoms with Crippen molar-refractivity contribution in [2.24, 2.45) is 0 Å². The van der Waals surface area contributed by atoms with Crippen LogP contribution >= 0.6 is 27.5 Å². The van der Waals surface area contributed by atoms with Crippen molar-refractivity contribution in [1.82, 2.24) is 4.98 Å². The van der Waals surface area contributed by atoms with Crippen LogP contribution in [-0.2, 0) is 0 Å². The molecule has 0 fully saturated rings. The van der Waals surface area contributed by atoms with Gasteiger partial charge in [0.1, 0.15) is 0 Å². The van der Waals surface area contributed by atoms with Gasteiger partial charge in [-0.05, 0) is 48.9 Å². The molecule has 137 valence electrons. The molecule has 1 N–H and O–H groups in total. The zero-order valence-corrected chi connectivity index (χ0v) is 17.3. The van der Waals surface area contributed by atoms with Crippen molar-refractivity contribution in [3.05, 3.63) is 93.4 Å². The van der Waals surface area contributed by atoms with Crippen molar-refractivity contribution >= 4 is 50.0 Å². The van der Waals surface area contributed by atoms with Crippen LogP contribution in [0.3, 0.4) is 0 Å². The second kappa shape index (κ2) is 7.74. The van der Waals surface area contributed by atoms with Gasteiger partial charge in [0, 0.05) is 32.2 Å². The molecule has 0 aliphatic rings. The number of carbonyl (C=O) groups is 1. The van der Waals surface area contributed by atoms with Gasteiger partial charge < -0.3 is 5.32 Å². The van der Waals surface area contributed by atoms with E-state index in [0.29, 0.717) is 16.3 Å². The number of fused-ring (bicyclic) bond motifs is 1. The van der Waals surface area contributed by atoms with Crippen molar-refractivity contribution in [3.63, 3.8) is 0 Å².